The van der Waals surface area contributed by atoms with E-state index in [1.54, 1.807) is 12.1 Å². The Morgan fingerprint density at radius 3 is 2.62 bits per heavy atom. The molecule has 3 rings (SSSR count). The number of anilines is 2. The minimum Gasteiger partial charge on any atom is -0.370 e. The third-order valence-corrected chi connectivity index (χ3v) is 5.72. The van der Waals surface area contributed by atoms with Crippen molar-refractivity contribution in [3.63, 3.8) is 0 Å². The van der Waals surface area contributed by atoms with Crippen LogP contribution >= 0.6 is 23.5 Å². The summed E-state index contributed by atoms with van der Waals surface area (Å²) < 4.78 is 0. The number of benzene rings is 2. The molecule has 0 aliphatic heterocycles. The van der Waals surface area contributed by atoms with Crippen molar-refractivity contribution in [2.24, 2.45) is 0 Å². The Morgan fingerprint density at radius 2 is 1.90 bits per heavy atom. The van der Waals surface area contributed by atoms with E-state index in [9.17, 15) is 9.59 Å². The fourth-order valence-electron chi connectivity index (χ4n) is 2.79. The van der Waals surface area contributed by atoms with Gasteiger partial charge in [-0.25, -0.2) is 9.97 Å². The zero-order chi connectivity index (χ0) is 20.8. The van der Waals surface area contributed by atoms with Crippen LogP contribution in [0.25, 0.3) is 10.9 Å². The van der Waals surface area contributed by atoms with Crippen LogP contribution in [0.15, 0.2) is 52.5 Å². The highest BCUT2D eigenvalue weighted by Crippen LogP contribution is 2.28. The van der Waals surface area contributed by atoms with Gasteiger partial charge >= 0.3 is 0 Å². The van der Waals surface area contributed by atoms with Gasteiger partial charge in [0.15, 0.2) is 10.9 Å². The molecule has 0 saturated carbocycles. The predicted octanol–water partition coefficient (Wildman–Crippen LogP) is 4.72. The third kappa shape index (κ3) is 5.27. The molecular weight excluding hydrogens is 404 g/mol. The van der Waals surface area contributed by atoms with E-state index in [0.717, 1.165) is 28.2 Å². The maximum Gasteiger partial charge on any atom is 0.221 e. The van der Waals surface area contributed by atoms with Gasteiger partial charge in [0, 0.05) is 29.3 Å². The standard InChI is InChI=1S/C21H22N4O2S2/c1-4-22-20-15-7-5-6-8-16(15)24-21(25-20)29-12-18(27)14-9-10-17(23-13(2)26)19(11-14)28-3/h5-11H,4,12H2,1-3H3,(H,23,26)(H,22,24,25). The van der Waals surface area contributed by atoms with E-state index in [2.05, 4.69) is 20.6 Å². The second kappa shape index (κ2) is 9.76. The van der Waals surface area contributed by atoms with Gasteiger partial charge in [-0.15, -0.1) is 11.8 Å². The molecule has 2 aromatic carbocycles. The maximum atomic E-state index is 12.7. The number of hydrogen-bond donors (Lipinski definition) is 2. The van der Waals surface area contributed by atoms with Gasteiger partial charge in [0.2, 0.25) is 5.91 Å². The number of fused-ring (bicyclic) bond motifs is 1. The lowest BCUT2D eigenvalue weighted by Gasteiger charge is -2.10. The van der Waals surface area contributed by atoms with E-state index in [4.69, 9.17) is 0 Å². The van der Waals surface area contributed by atoms with Crippen LogP contribution in [0.2, 0.25) is 0 Å². The molecule has 0 aliphatic carbocycles. The van der Waals surface area contributed by atoms with Crippen LogP contribution in [0.3, 0.4) is 0 Å². The quantitative estimate of drug-likeness (QED) is 0.306. The topological polar surface area (TPSA) is 84.0 Å². The van der Waals surface area contributed by atoms with Gasteiger partial charge in [-0.05, 0) is 43.5 Å². The van der Waals surface area contributed by atoms with Crippen molar-refractivity contribution in [1.29, 1.82) is 0 Å². The smallest absolute Gasteiger partial charge is 0.221 e. The van der Waals surface area contributed by atoms with E-state index in [1.807, 2.05) is 43.5 Å². The first-order chi connectivity index (χ1) is 14.0. The Labute approximate surface area is 178 Å². The first-order valence-corrected chi connectivity index (χ1v) is 11.3. The number of thioether (sulfide) groups is 2. The molecule has 150 valence electrons. The summed E-state index contributed by atoms with van der Waals surface area (Å²) in [6, 6.07) is 13.1. The zero-order valence-electron chi connectivity index (χ0n) is 16.5. The Bertz CT molecular complexity index is 1060. The van der Waals surface area contributed by atoms with Crippen LogP contribution in [-0.4, -0.2) is 40.2 Å². The molecule has 1 amide bonds. The summed E-state index contributed by atoms with van der Waals surface area (Å²) >= 11 is 2.80. The molecule has 0 aliphatic rings. The van der Waals surface area contributed by atoms with E-state index in [-0.39, 0.29) is 17.4 Å². The molecule has 0 fully saturated rings. The van der Waals surface area contributed by atoms with Crippen molar-refractivity contribution in [3.05, 3.63) is 48.0 Å². The summed E-state index contributed by atoms with van der Waals surface area (Å²) in [5, 5.41) is 7.56. The summed E-state index contributed by atoms with van der Waals surface area (Å²) in [5.74, 6) is 0.857. The summed E-state index contributed by atoms with van der Waals surface area (Å²) in [5.41, 5.74) is 2.16. The highest BCUT2D eigenvalue weighted by molar-refractivity contribution is 7.99. The average Bonchev–Trinajstić information content (AvgIpc) is 2.72. The lowest BCUT2D eigenvalue weighted by atomic mass is 10.1. The maximum absolute atomic E-state index is 12.7. The largest absolute Gasteiger partial charge is 0.370 e. The van der Waals surface area contributed by atoms with Crippen LogP contribution in [0, 0.1) is 0 Å². The van der Waals surface area contributed by atoms with E-state index < -0.39 is 0 Å². The molecule has 1 aromatic heterocycles. The number of nitrogens with one attached hydrogen (secondary N) is 2. The Kier molecular flexibility index (Phi) is 7.11. The summed E-state index contributed by atoms with van der Waals surface area (Å²) in [6.45, 7) is 4.23. The fraction of sp³-hybridized carbons (Fsp3) is 0.238. The summed E-state index contributed by atoms with van der Waals surface area (Å²) in [6.07, 6.45) is 1.91. The second-order valence-electron chi connectivity index (χ2n) is 6.21. The van der Waals surface area contributed by atoms with Gasteiger partial charge in [0.05, 0.1) is 17.0 Å². The summed E-state index contributed by atoms with van der Waals surface area (Å²) in [4.78, 5) is 34.0. The highest BCUT2D eigenvalue weighted by Gasteiger charge is 2.13. The molecule has 6 nitrogen and oxygen atoms in total. The number of para-hydroxylation sites is 1. The van der Waals surface area contributed by atoms with Gasteiger partial charge < -0.3 is 10.6 Å². The highest BCUT2D eigenvalue weighted by atomic mass is 32.2. The molecule has 1 heterocycles. The van der Waals surface area contributed by atoms with Crippen molar-refractivity contribution in [2.45, 2.75) is 23.9 Å². The average molecular weight is 427 g/mol. The van der Waals surface area contributed by atoms with Gasteiger partial charge in [-0.1, -0.05) is 23.9 Å². The number of amides is 1. The van der Waals surface area contributed by atoms with Gasteiger partial charge in [-0.3, -0.25) is 9.59 Å². The molecule has 3 aromatic rings. The molecule has 0 spiro atoms. The molecule has 29 heavy (non-hydrogen) atoms. The Hall–Kier alpha value is -2.58. The Balaban J connectivity index is 1.77. The van der Waals surface area contributed by atoms with Crippen molar-refractivity contribution < 1.29 is 9.59 Å². The molecule has 0 radical (unpaired) electrons. The van der Waals surface area contributed by atoms with Crippen LogP contribution in [0.1, 0.15) is 24.2 Å². The predicted molar refractivity (Wildman–Crippen MR) is 121 cm³/mol. The number of ketones is 1. The minimum absolute atomic E-state index is 0.0126. The normalized spacial score (nSPS) is 10.7. The number of Topliss-reactive ketones (excluding diaryl/α,β-unsaturated/α-hetero) is 1. The molecule has 0 unspecified atom stereocenters. The Morgan fingerprint density at radius 1 is 1.10 bits per heavy atom. The molecule has 0 saturated heterocycles. The zero-order valence-corrected chi connectivity index (χ0v) is 18.1. The van der Waals surface area contributed by atoms with Crippen molar-refractivity contribution in [3.8, 4) is 0 Å². The number of nitrogens with zero attached hydrogens (tertiary/aromatic N) is 2. The number of carbonyl (C=O) groups excluding carboxylic acids is 2. The first-order valence-electron chi connectivity index (χ1n) is 9.14. The van der Waals surface area contributed by atoms with Crippen LogP contribution in [0.4, 0.5) is 11.5 Å². The number of rotatable bonds is 8. The number of aromatic nitrogens is 2. The van der Waals surface area contributed by atoms with Crippen molar-refractivity contribution >= 4 is 57.6 Å². The SMILES string of the molecule is CCNc1nc(SCC(=O)c2ccc(NC(C)=O)c(SC)c2)nc2ccccc12. The lowest BCUT2D eigenvalue weighted by Crippen LogP contribution is -2.09. The van der Waals surface area contributed by atoms with Gasteiger partial charge in [-0.2, -0.15) is 0 Å². The molecule has 2 N–H and O–H groups in total. The van der Waals surface area contributed by atoms with Gasteiger partial charge in [0.1, 0.15) is 5.82 Å². The van der Waals surface area contributed by atoms with Gasteiger partial charge in [0.25, 0.3) is 0 Å². The summed E-state index contributed by atoms with van der Waals surface area (Å²) in [7, 11) is 0. The minimum atomic E-state index is -0.139. The lowest BCUT2D eigenvalue weighted by molar-refractivity contribution is -0.114. The number of hydrogen-bond acceptors (Lipinski definition) is 7. The molecule has 0 atom stereocenters. The molecule has 8 heteroatoms. The van der Waals surface area contributed by atoms with Crippen molar-refractivity contribution in [1.82, 2.24) is 9.97 Å². The number of carbonyl (C=O) groups is 2. The molecule has 0 bridgehead atoms. The fourth-order valence-corrected chi connectivity index (χ4v) is 4.12. The van der Waals surface area contributed by atoms with Crippen LogP contribution in [0.5, 0.6) is 0 Å². The molecular formula is C21H22N4O2S2. The second-order valence-corrected chi connectivity index (χ2v) is 8.00. The first kappa shape index (κ1) is 21.1. The third-order valence-electron chi connectivity index (χ3n) is 4.09. The monoisotopic (exact) mass is 426 g/mol. The van der Waals surface area contributed by atoms with E-state index in [0.29, 0.717) is 16.4 Å². The van der Waals surface area contributed by atoms with E-state index in [1.165, 1.54) is 30.4 Å². The van der Waals surface area contributed by atoms with E-state index >= 15 is 0 Å². The van der Waals surface area contributed by atoms with Crippen LogP contribution < -0.4 is 10.6 Å². The van der Waals surface area contributed by atoms with Crippen molar-refractivity contribution in [2.75, 3.05) is 29.2 Å². The van der Waals surface area contributed by atoms with Crippen LogP contribution in [-0.2, 0) is 4.79 Å².